The van der Waals surface area contributed by atoms with E-state index in [4.69, 9.17) is 5.11 Å². The van der Waals surface area contributed by atoms with Gasteiger partial charge in [-0.25, -0.2) is 4.39 Å². The molecule has 1 aromatic rings. The van der Waals surface area contributed by atoms with Crippen LogP contribution in [0, 0.1) is 11.7 Å². The summed E-state index contributed by atoms with van der Waals surface area (Å²) in [4.78, 5) is 2.28. The number of hydrogen-bond acceptors (Lipinski definition) is 2. The van der Waals surface area contributed by atoms with Gasteiger partial charge >= 0.3 is 0 Å². The van der Waals surface area contributed by atoms with Crippen molar-refractivity contribution in [2.75, 3.05) is 26.2 Å². The Morgan fingerprint density at radius 3 is 2.87 bits per heavy atom. The van der Waals surface area contributed by atoms with E-state index in [1.54, 1.807) is 12.1 Å². The topological polar surface area (TPSA) is 23.5 Å². The Bertz CT molecular complexity index is 323. The van der Waals surface area contributed by atoms with Gasteiger partial charge < -0.3 is 10.0 Å². The van der Waals surface area contributed by atoms with E-state index in [0.29, 0.717) is 5.92 Å². The Labute approximate surface area is 89.3 Å². The molecule has 1 saturated heterocycles. The average molecular weight is 209 g/mol. The third-order valence-electron chi connectivity index (χ3n) is 2.90. The highest BCUT2D eigenvalue weighted by Crippen LogP contribution is 2.15. The summed E-state index contributed by atoms with van der Waals surface area (Å²) in [6, 6.07) is 6.75. The highest BCUT2D eigenvalue weighted by Gasteiger charge is 2.24. The van der Waals surface area contributed by atoms with Crippen LogP contribution in [0.2, 0.25) is 0 Å². The molecule has 0 amide bonds. The van der Waals surface area contributed by atoms with Crippen LogP contribution in [0.5, 0.6) is 0 Å². The molecule has 0 aliphatic carbocycles. The van der Waals surface area contributed by atoms with Crippen LogP contribution >= 0.6 is 0 Å². The molecule has 1 heterocycles. The molecule has 1 aliphatic heterocycles. The number of aliphatic hydroxyl groups is 1. The van der Waals surface area contributed by atoms with Gasteiger partial charge in [-0.2, -0.15) is 0 Å². The molecular formula is C12H16FNO. The van der Waals surface area contributed by atoms with Gasteiger partial charge in [-0.05, 0) is 24.1 Å². The first-order valence-corrected chi connectivity index (χ1v) is 5.35. The molecule has 82 valence electrons. The highest BCUT2D eigenvalue weighted by molar-refractivity contribution is 5.16. The molecule has 0 saturated carbocycles. The fourth-order valence-corrected chi connectivity index (χ4v) is 1.95. The minimum Gasteiger partial charge on any atom is -0.396 e. The van der Waals surface area contributed by atoms with Crippen LogP contribution in [0.4, 0.5) is 4.39 Å². The smallest absolute Gasteiger partial charge is 0.123 e. The van der Waals surface area contributed by atoms with Gasteiger partial charge in [0.25, 0.3) is 0 Å². The number of benzene rings is 1. The summed E-state index contributed by atoms with van der Waals surface area (Å²) < 4.78 is 12.9. The summed E-state index contributed by atoms with van der Waals surface area (Å²) >= 11 is 0. The number of likely N-dealkylation sites (tertiary alicyclic amines) is 1. The largest absolute Gasteiger partial charge is 0.396 e. The van der Waals surface area contributed by atoms with Gasteiger partial charge in [-0.15, -0.1) is 0 Å². The molecule has 0 bridgehead atoms. The number of hydrogen-bond donors (Lipinski definition) is 1. The van der Waals surface area contributed by atoms with E-state index in [1.807, 2.05) is 6.07 Å². The average Bonchev–Trinajstić information content (AvgIpc) is 2.16. The van der Waals surface area contributed by atoms with Gasteiger partial charge in [0.1, 0.15) is 5.82 Å². The molecule has 2 rings (SSSR count). The molecule has 2 nitrogen and oxygen atoms in total. The van der Waals surface area contributed by atoms with E-state index in [9.17, 15) is 4.39 Å². The van der Waals surface area contributed by atoms with Crippen molar-refractivity contribution in [3.05, 3.63) is 35.6 Å². The first-order valence-electron chi connectivity index (χ1n) is 5.35. The highest BCUT2D eigenvalue weighted by atomic mass is 19.1. The molecule has 1 aliphatic rings. The van der Waals surface area contributed by atoms with Gasteiger partial charge in [0.05, 0.1) is 0 Å². The summed E-state index contributed by atoms with van der Waals surface area (Å²) in [5.74, 6) is 0.293. The van der Waals surface area contributed by atoms with E-state index in [-0.39, 0.29) is 12.4 Å². The summed E-state index contributed by atoms with van der Waals surface area (Å²) in [7, 11) is 0. The molecular weight excluding hydrogens is 193 g/mol. The summed E-state index contributed by atoms with van der Waals surface area (Å²) in [6.45, 7) is 3.20. The lowest BCUT2D eigenvalue weighted by molar-refractivity contribution is 0.0551. The fraction of sp³-hybridized carbons (Fsp3) is 0.500. The van der Waals surface area contributed by atoms with Crippen molar-refractivity contribution >= 4 is 0 Å². The maximum atomic E-state index is 12.9. The van der Waals surface area contributed by atoms with Gasteiger partial charge in [0.2, 0.25) is 0 Å². The van der Waals surface area contributed by atoms with Gasteiger partial charge in [0, 0.05) is 32.2 Å². The van der Waals surface area contributed by atoms with Gasteiger partial charge in [-0.1, -0.05) is 12.1 Å². The number of nitrogens with zero attached hydrogens (tertiary/aromatic N) is 1. The molecule has 1 N–H and O–H groups in total. The van der Waals surface area contributed by atoms with E-state index in [0.717, 1.165) is 31.6 Å². The van der Waals surface area contributed by atoms with Crippen molar-refractivity contribution in [2.24, 2.45) is 5.92 Å². The van der Waals surface area contributed by atoms with E-state index in [2.05, 4.69) is 4.90 Å². The number of aliphatic hydroxyl groups excluding tert-OH is 1. The fourth-order valence-electron chi connectivity index (χ4n) is 1.95. The second-order valence-corrected chi connectivity index (χ2v) is 4.19. The van der Waals surface area contributed by atoms with Gasteiger partial charge in [-0.3, -0.25) is 0 Å². The van der Waals surface area contributed by atoms with Gasteiger partial charge in [0.15, 0.2) is 0 Å². The Balaban J connectivity index is 1.75. The molecule has 0 radical (unpaired) electrons. The molecule has 1 aromatic carbocycles. The third-order valence-corrected chi connectivity index (χ3v) is 2.90. The molecule has 0 spiro atoms. The quantitative estimate of drug-likeness (QED) is 0.807. The van der Waals surface area contributed by atoms with Crippen LogP contribution < -0.4 is 0 Å². The zero-order valence-electron chi connectivity index (χ0n) is 8.69. The lowest BCUT2D eigenvalue weighted by Gasteiger charge is -2.38. The molecule has 0 atom stereocenters. The van der Waals surface area contributed by atoms with Crippen molar-refractivity contribution in [1.29, 1.82) is 0 Å². The second-order valence-electron chi connectivity index (χ2n) is 4.19. The Morgan fingerprint density at radius 2 is 2.20 bits per heavy atom. The third kappa shape index (κ3) is 2.76. The molecule has 15 heavy (non-hydrogen) atoms. The predicted octanol–water partition coefficient (Wildman–Crippen LogP) is 1.29. The van der Waals surface area contributed by atoms with Crippen LogP contribution in [-0.2, 0) is 6.42 Å². The van der Waals surface area contributed by atoms with Crippen molar-refractivity contribution < 1.29 is 9.50 Å². The maximum absolute atomic E-state index is 12.9. The minimum absolute atomic E-state index is 0.163. The monoisotopic (exact) mass is 209 g/mol. The minimum atomic E-state index is -0.163. The lowest BCUT2D eigenvalue weighted by Crippen LogP contribution is -2.48. The molecule has 0 unspecified atom stereocenters. The number of halogens is 1. The maximum Gasteiger partial charge on any atom is 0.123 e. The van der Waals surface area contributed by atoms with Crippen LogP contribution in [0.1, 0.15) is 5.56 Å². The van der Waals surface area contributed by atoms with Crippen molar-refractivity contribution in [3.63, 3.8) is 0 Å². The van der Waals surface area contributed by atoms with E-state index >= 15 is 0 Å². The second kappa shape index (κ2) is 4.73. The summed E-state index contributed by atoms with van der Waals surface area (Å²) in [5.41, 5.74) is 1.04. The van der Waals surface area contributed by atoms with Crippen molar-refractivity contribution in [1.82, 2.24) is 4.90 Å². The standard InChI is InChI=1S/C12H16FNO/c13-12-3-1-2-10(6-12)4-5-14-7-11(8-14)9-15/h1-3,6,11,15H,4-5,7-9H2. The molecule has 0 aromatic heterocycles. The Hall–Kier alpha value is -0.930. The zero-order chi connectivity index (χ0) is 10.7. The van der Waals surface area contributed by atoms with Crippen molar-refractivity contribution in [2.45, 2.75) is 6.42 Å². The van der Waals surface area contributed by atoms with Crippen LogP contribution in [0.15, 0.2) is 24.3 Å². The first kappa shape index (κ1) is 10.6. The summed E-state index contributed by atoms with van der Waals surface area (Å²) in [5, 5.41) is 8.85. The zero-order valence-corrected chi connectivity index (χ0v) is 8.69. The Kier molecular flexibility index (Phi) is 3.34. The molecule has 3 heteroatoms. The lowest BCUT2D eigenvalue weighted by atomic mass is 10.0. The van der Waals surface area contributed by atoms with Crippen LogP contribution in [0.25, 0.3) is 0 Å². The van der Waals surface area contributed by atoms with E-state index < -0.39 is 0 Å². The molecule has 1 fully saturated rings. The normalized spacial score (nSPS) is 17.7. The van der Waals surface area contributed by atoms with Crippen LogP contribution in [0.3, 0.4) is 0 Å². The Morgan fingerprint density at radius 1 is 1.40 bits per heavy atom. The first-order chi connectivity index (χ1) is 7.28. The van der Waals surface area contributed by atoms with E-state index in [1.165, 1.54) is 6.07 Å². The predicted molar refractivity (Wildman–Crippen MR) is 57.1 cm³/mol. The number of rotatable bonds is 4. The summed E-state index contributed by atoms with van der Waals surface area (Å²) in [6.07, 6.45) is 0.885. The SMILES string of the molecule is OCC1CN(CCc2cccc(F)c2)C1. The van der Waals surface area contributed by atoms with Crippen molar-refractivity contribution in [3.8, 4) is 0 Å². The van der Waals surface area contributed by atoms with Crippen LogP contribution in [-0.4, -0.2) is 36.2 Å².